The number of carbonyl (C=O) groups is 1. The van der Waals surface area contributed by atoms with Gasteiger partial charge in [0.2, 0.25) is 5.89 Å². The van der Waals surface area contributed by atoms with Gasteiger partial charge in [-0.2, -0.15) is 0 Å². The second kappa shape index (κ2) is 8.43. The summed E-state index contributed by atoms with van der Waals surface area (Å²) in [5.41, 5.74) is 3.09. The van der Waals surface area contributed by atoms with Crippen LogP contribution in [0.3, 0.4) is 0 Å². The fourth-order valence-electron chi connectivity index (χ4n) is 3.15. The summed E-state index contributed by atoms with van der Waals surface area (Å²) in [5.74, 6) is 0.610. The van der Waals surface area contributed by atoms with E-state index in [1.54, 1.807) is 60.9 Å². The van der Waals surface area contributed by atoms with Crippen LogP contribution in [0.5, 0.6) is 0 Å². The standard InChI is InChI=1S/C23H12BrCl2N3O3/c24-13-8-12(10-27-11-13)23-29-17-9-14(4-5-19(17)32-23)28-22(30)20-7-6-18(31-20)15-2-1-3-16(25)21(15)26/h1-11H,(H,28,30). The van der Waals surface area contributed by atoms with Gasteiger partial charge in [-0.1, -0.05) is 29.3 Å². The molecule has 5 rings (SSSR count). The molecule has 0 aliphatic rings. The number of hydrogen-bond acceptors (Lipinski definition) is 5. The SMILES string of the molecule is O=C(Nc1ccc2oc(-c3cncc(Br)c3)nc2c1)c1ccc(-c2cccc(Cl)c2Cl)o1. The van der Waals surface area contributed by atoms with Crippen molar-refractivity contribution < 1.29 is 13.6 Å². The van der Waals surface area contributed by atoms with E-state index >= 15 is 0 Å². The molecule has 0 spiro atoms. The molecule has 1 amide bonds. The minimum absolute atomic E-state index is 0.136. The third-order valence-electron chi connectivity index (χ3n) is 4.64. The van der Waals surface area contributed by atoms with Gasteiger partial charge in [-0.25, -0.2) is 4.98 Å². The van der Waals surface area contributed by atoms with Crippen LogP contribution in [0.1, 0.15) is 10.6 Å². The molecule has 0 aliphatic heterocycles. The molecule has 2 aromatic carbocycles. The number of benzene rings is 2. The van der Waals surface area contributed by atoms with E-state index in [4.69, 9.17) is 32.0 Å². The first-order valence-corrected chi connectivity index (χ1v) is 10.9. The van der Waals surface area contributed by atoms with Gasteiger partial charge in [0.15, 0.2) is 11.3 Å². The number of hydrogen-bond donors (Lipinski definition) is 1. The molecule has 1 N–H and O–H groups in total. The third kappa shape index (κ3) is 4.02. The molecule has 158 valence electrons. The third-order valence-corrected chi connectivity index (χ3v) is 5.90. The van der Waals surface area contributed by atoms with Gasteiger partial charge >= 0.3 is 0 Å². The highest BCUT2D eigenvalue weighted by atomic mass is 79.9. The minimum Gasteiger partial charge on any atom is -0.451 e. The Bertz CT molecular complexity index is 1480. The van der Waals surface area contributed by atoms with E-state index in [9.17, 15) is 4.79 Å². The number of oxazole rings is 1. The maximum atomic E-state index is 12.7. The van der Waals surface area contributed by atoms with Gasteiger partial charge in [0.25, 0.3) is 5.91 Å². The van der Waals surface area contributed by atoms with Gasteiger partial charge in [0, 0.05) is 28.1 Å². The van der Waals surface area contributed by atoms with Crippen LogP contribution in [0.25, 0.3) is 33.9 Å². The summed E-state index contributed by atoms with van der Waals surface area (Å²) >= 11 is 15.7. The lowest BCUT2D eigenvalue weighted by Gasteiger charge is -2.04. The molecule has 3 heterocycles. The van der Waals surface area contributed by atoms with Crippen molar-refractivity contribution in [2.24, 2.45) is 0 Å². The zero-order valence-corrected chi connectivity index (χ0v) is 19.2. The number of anilines is 1. The van der Waals surface area contributed by atoms with Crippen molar-refractivity contribution in [2.75, 3.05) is 5.32 Å². The number of halogens is 3. The lowest BCUT2D eigenvalue weighted by Crippen LogP contribution is -2.10. The van der Waals surface area contributed by atoms with Gasteiger partial charge in [-0.3, -0.25) is 9.78 Å². The fourth-order valence-corrected chi connectivity index (χ4v) is 3.91. The van der Waals surface area contributed by atoms with Gasteiger partial charge in [-0.15, -0.1) is 0 Å². The molecular formula is C23H12BrCl2N3O3. The molecule has 0 saturated heterocycles. The van der Waals surface area contributed by atoms with Crippen molar-refractivity contribution in [3.05, 3.63) is 87.3 Å². The molecule has 0 fully saturated rings. The lowest BCUT2D eigenvalue weighted by atomic mass is 10.2. The zero-order chi connectivity index (χ0) is 22.2. The Morgan fingerprint density at radius 3 is 2.72 bits per heavy atom. The van der Waals surface area contributed by atoms with E-state index < -0.39 is 5.91 Å². The number of aromatic nitrogens is 2. The molecular weight excluding hydrogens is 517 g/mol. The summed E-state index contributed by atoms with van der Waals surface area (Å²) in [7, 11) is 0. The Balaban J connectivity index is 1.38. The van der Waals surface area contributed by atoms with Crippen molar-refractivity contribution >= 4 is 61.8 Å². The van der Waals surface area contributed by atoms with Gasteiger partial charge in [-0.05, 0) is 64.5 Å². The average molecular weight is 529 g/mol. The number of furan rings is 1. The summed E-state index contributed by atoms with van der Waals surface area (Å²) in [6, 6.07) is 15.5. The number of fused-ring (bicyclic) bond motifs is 1. The van der Waals surface area contributed by atoms with Crippen LogP contribution in [-0.4, -0.2) is 15.9 Å². The highest BCUT2D eigenvalue weighted by Crippen LogP contribution is 2.34. The summed E-state index contributed by atoms with van der Waals surface area (Å²) in [4.78, 5) is 21.3. The van der Waals surface area contributed by atoms with Crippen LogP contribution in [-0.2, 0) is 0 Å². The number of nitrogens with one attached hydrogen (secondary N) is 1. The molecule has 0 atom stereocenters. The van der Waals surface area contributed by atoms with E-state index in [2.05, 4.69) is 31.2 Å². The van der Waals surface area contributed by atoms with Gasteiger partial charge < -0.3 is 14.2 Å². The van der Waals surface area contributed by atoms with Crippen LogP contribution < -0.4 is 5.32 Å². The first-order chi connectivity index (χ1) is 15.5. The molecule has 0 aliphatic carbocycles. The van der Waals surface area contributed by atoms with Crippen LogP contribution in [0.4, 0.5) is 5.69 Å². The Hall–Kier alpha value is -3.13. The average Bonchev–Trinajstić information content (AvgIpc) is 3.43. The van der Waals surface area contributed by atoms with E-state index in [-0.39, 0.29) is 5.76 Å². The maximum absolute atomic E-state index is 12.7. The number of amides is 1. The minimum atomic E-state index is -0.409. The van der Waals surface area contributed by atoms with Crippen molar-refractivity contribution in [1.82, 2.24) is 9.97 Å². The van der Waals surface area contributed by atoms with Gasteiger partial charge in [0.1, 0.15) is 11.3 Å². The van der Waals surface area contributed by atoms with Crippen LogP contribution in [0, 0.1) is 0 Å². The summed E-state index contributed by atoms with van der Waals surface area (Å²) in [6.45, 7) is 0. The highest BCUT2D eigenvalue weighted by Gasteiger charge is 2.16. The molecule has 0 unspecified atom stereocenters. The smallest absolute Gasteiger partial charge is 0.291 e. The fraction of sp³-hybridized carbons (Fsp3) is 0. The van der Waals surface area contributed by atoms with Crippen LogP contribution in [0.15, 0.2) is 80.3 Å². The molecule has 0 radical (unpaired) electrons. The predicted molar refractivity (Wildman–Crippen MR) is 127 cm³/mol. The van der Waals surface area contributed by atoms with E-state index in [1.165, 1.54) is 0 Å². The summed E-state index contributed by atoms with van der Waals surface area (Å²) in [6.07, 6.45) is 3.35. The molecule has 5 aromatic rings. The first-order valence-electron chi connectivity index (χ1n) is 9.35. The van der Waals surface area contributed by atoms with Gasteiger partial charge in [0.05, 0.1) is 15.6 Å². The summed E-state index contributed by atoms with van der Waals surface area (Å²) in [5, 5.41) is 3.58. The number of carbonyl (C=O) groups excluding carboxylic acids is 1. The second-order valence-corrected chi connectivity index (χ2v) is 8.51. The molecule has 0 bridgehead atoms. The van der Waals surface area contributed by atoms with Crippen molar-refractivity contribution in [3.8, 4) is 22.8 Å². The predicted octanol–water partition coefficient (Wildman–Crippen LogP) is 7.47. The van der Waals surface area contributed by atoms with E-state index in [1.807, 2.05) is 6.07 Å². The lowest BCUT2D eigenvalue weighted by molar-refractivity contribution is 0.0997. The quantitative estimate of drug-likeness (QED) is 0.261. The Morgan fingerprint density at radius 1 is 1.00 bits per heavy atom. The highest BCUT2D eigenvalue weighted by molar-refractivity contribution is 9.10. The molecule has 9 heteroatoms. The Morgan fingerprint density at radius 2 is 1.88 bits per heavy atom. The number of pyridine rings is 1. The number of nitrogens with zero attached hydrogens (tertiary/aromatic N) is 2. The molecule has 0 saturated carbocycles. The monoisotopic (exact) mass is 527 g/mol. The zero-order valence-electron chi connectivity index (χ0n) is 16.1. The molecule has 3 aromatic heterocycles. The number of rotatable bonds is 4. The topological polar surface area (TPSA) is 81.2 Å². The Labute approximate surface area is 200 Å². The van der Waals surface area contributed by atoms with Crippen LogP contribution in [0.2, 0.25) is 10.0 Å². The maximum Gasteiger partial charge on any atom is 0.291 e. The first kappa shape index (κ1) is 20.8. The largest absolute Gasteiger partial charge is 0.451 e. The normalized spacial score (nSPS) is 11.1. The van der Waals surface area contributed by atoms with E-state index in [0.717, 1.165) is 10.0 Å². The van der Waals surface area contributed by atoms with E-state index in [0.29, 0.717) is 44.0 Å². The van der Waals surface area contributed by atoms with Crippen molar-refractivity contribution in [3.63, 3.8) is 0 Å². The summed E-state index contributed by atoms with van der Waals surface area (Å²) < 4.78 is 12.3. The van der Waals surface area contributed by atoms with Crippen LogP contribution >= 0.6 is 39.1 Å². The molecule has 6 nitrogen and oxygen atoms in total. The molecule has 32 heavy (non-hydrogen) atoms. The van der Waals surface area contributed by atoms with Crippen molar-refractivity contribution in [2.45, 2.75) is 0 Å². The van der Waals surface area contributed by atoms with Crippen molar-refractivity contribution in [1.29, 1.82) is 0 Å². The Kier molecular flexibility index (Phi) is 5.46. The second-order valence-electron chi connectivity index (χ2n) is 6.81.